The molecule has 8 N–H and O–H groups in total. The number of carboxylic acids is 1. The van der Waals surface area contributed by atoms with Crippen molar-refractivity contribution in [3.05, 3.63) is 12.7 Å². The Labute approximate surface area is 191 Å². The van der Waals surface area contributed by atoms with Crippen LogP contribution in [0.5, 0.6) is 0 Å². The number of fused-ring (bicyclic) bond motifs is 1. The number of aliphatic hydroxyl groups excluding tert-OH is 2. The van der Waals surface area contributed by atoms with E-state index in [0.717, 1.165) is 12.8 Å². The van der Waals surface area contributed by atoms with Gasteiger partial charge in [0.05, 0.1) is 12.4 Å². The normalized spacial score (nSPS) is 24.8. The van der Waals surface area contributed by atoms with Crippen LogP contribution >= 0.6 is 0 Å². The standard InChI is InChI=1S/C20H33N7O6/c1-32-7-3-2-6-23-11(4-5-12(21)20(30)31)8-13-15(28)16(29)19(33-13)27-10-26-14-17(22)24-9-25-18(14)27/h9-13,15-16,19,23,28-29H,2-8,21H2,1H3,(H,30,31)(H2,22,24,25)/t11-,12-,13+,15+,16+,19+/m0/s1. The zero-order chi connectivity index (χ0) is 24.0. The fourth-order valence-electron chi connectivity index (χ4n) is 3.98. The van der Waals surface area contributed by atoms with Gasteiger partial charge in [0, 0.05) is 19.8 Å². The molecule has 6 atom stereocenters. The quantitative estimate of drug-likeness (QED) is 0.196. The summed E-state index contributed by atoms with van der Waals surface area (Å²) >= 11 is 0. The van der Waals surface area contributed by atoms with Gasteiger partial charge in [0.15, 0.2) is 17.7 Å². The summed E-state index contributed by atoms with van der Waals surface area (Å²) in [7, 11) is 1.65. The Morgan fingerprint density at radius 1 is 1.27 bits per heavy atom. The first-order valence-electron chi connectivity index (χ1n) is 11.0. The number of ether oxygens (including phenoxy) is 2. The number of hydrogen-bond donors (Lipinski definition) is 6. The minimum Gasteiger partial charge on any atom is -0.480 e. The van der Waals surface area contributed by atoms with Crippen LogP contribution in [0.15, 0.2) is 12.7 Å². The maximum Gasteiger partial charge on any atom is 0.320 e. The number of nitrogens with one attached hydrogen (secondary N) is 1. The largest absolute Gasteiger partial charge is 0.480 e. The summed E-state index contributed by atoms with van der Waals surface area (Å²) in [4.78, 5) is 23.4. The molecule has 13 heteroatoms. The Morgan fingerprint density at radius 2 is 2.06 bits per heavy atom. The van der Waals surface area contributed by atoms with Gasteiger partial charge in [-0.2, -0.15) is 0 Å². The highest BCUT2D eigenvalue weighted by atomic mass is 16.6. The molecule has 0 amide bonds. The molecule has 1 aliphatic rings. The molecule has 1 aliphatic heterocycles. The summed E-state index contributed by atoms with van der Waals surface area (Å²) in [5, 5.41) is 33.8. The van der Waals surface area contributed by atoms with Crippen LogP contribution in [0.3, 0.4) is 0 Å². The highest BCUT2D eigenvalue weighted by Crippen LogP contribution is 2.34. The van der Waals surface area contributed by atoms with Crippen molar-refractivity contribution in [2.75, 3.05) is 26.0 Å². The second kappa shape index (κ2) is 11.6. The lowest BCUT2D eigenvalue weighted by Crippen LogP contribution is -2.40. The van der Waals surface area contributed by atoms with Gasteiger partial charge in [0.1, 0.15) is 30.1 Å². The molecule has 0 radical (unpaired) electrons. The second-order valence-electron chi connectivity index (χ2n) is 8.24. The van der Waals surface area contributed by atoms with E-state index in [0.29, 0.717) is 37.2 Å². The molecule has 0 aliphatic carbocycles. The van der Waals surface area contributed by atoms with Gasteiger partial charge in [0.25, 0.3) is 0 Å². The third kappa shape index (κ3) is 6.13. The fraction of sp³-hybridized carbons (Fsp3) is 0.700. The zero-order valence-electron chi connectivity index (χ0n) is 18.6. The molecule has 2 aromatic rings. The van der Waals surface area contributed by atoms with Crippen molar-refractivity contribution in [1.29, 1.82) is 0 Å². The monoisotopic (exact) mass is 467 g/mol. The van der Waals surface area contributed by atoms with Crippen LogP contribution in [0.1, 0.15) is 38.3 Å². The Morgan fingerprint density at radius 3 is 2.79 bits per heavy atom. The van der Waals surface area contributed by atoms with Crippen molar-refractivity contribution in [2.45, 2.75) is 68.7 Å². The summed E-state index contributed by atoms with van der Waals surface area (Å²) < 4.78 is 12.6. The predicted molar refractivity (Wildman–Crippen MR) is 118 cm³/mol. The van der Waals surface area contributed by atoms with Crippen molar-refractivity contribution in [3.63, 3.8) is 0 Å². The minimum atomic E-state index is -1.22. The molecule has 184 valence electrons. The molecule has 3 rings (SSSR count). The van der Waals surface area contributed by atoms with E-state index in [1.165, 1.54) is 17.2 Å². The summed E-state index contributed by atoms with van der Waals surface area (Å²) in [6.45, 7) is 1.34. The Balaban J connectivity index is 1.67. The van der Waals surface area contributed by atoms with E-state index in [2.05, 4.69) is 20.3 Å². The third-order valence-corrected chi connectivity index (χ3v) is 5.87. The first kappa shape index (κ1) is 25.2. The second-order valence-corrected chi connectivity index (χ2v) is 8.24. The van der Waals surface area contributed by atoms with Gasteiger partial charge in [-0.15, -0.1) is 0 Å². The van der Waals surface area contributed by atoms with E-state index in [4.69, 9.17) is 26.0 Å². The maximum atomic E-state index is 11.1. The van der Waals surface area contributed by atoms with Crippen molar-refractivity contribution in [2.24, 2.45) is 5.73 Å². The number of rotatable bonds is 13. The molecule has 0 saturated carbocycles. The first-order chi connectivity index (χ1) is 15.8. The molecule has 0 bridgehead atoms. The third-order valence-electron chi connectivity index (χ3n) is 5.87. The van der Waals surface area contributed by atoms with E-state index in [9.17, 15) is 15.0 Å². The zero-order valence-corrected chi connectivity index (χ0v) is 18.6. The average Bonchev–Trinajstić information content (AvgIpc) is 3.34. The van der Waals surface area contributed by atoms with E-state index >= 15 is 0 Å². The molecular formula is C20H33N7O6. The lowest BCUT2D eigenvalue weighted by Gasteiger charge is -2.24. The van der Waals surface area contributed by atoms with Crippen molar-refractivity contribution in [3.8, 4) is 0 Å². The Bertz CT molecular complexity index is 912. The van der Waals surface area contributed by atoms with Gasteiger partial charge < -0.3 is 41.6 Å². The van der Waals surface area contributed by atoms with Crippen molar-refractivity contribution >= 4 is 23.0 Å². The number of carbonyl (C=O) groups is 1. The number of nitrogens with zero attached hydrogens (tertiary/aromatic N) is 4. The molecule has 0 unspecified atom stereocenters. The number of aliphatic hydroxyl groups is 2. The molecule has 33 heavy (non-hydrogen) atoms. The lowest BCUT2D eigenvalue weighted by atomic mass is 9.97. The molecule has 3 heterocycles. The Hall–Kier alpha value is -2.42. The smallest absolute Gasteiger partial charge is 0.320 e. The number of nitrogen functional groups attached to an aromatic ring is 1. The number of nitrogens with two attached hydrogens (primary N) is 2. The van der Waals surface area contributed by atoms with Crippen molar-refractivity contribution in [1.82, 2.24) is 24.8 Å². The van der Waals surface area contributed by atoms with Crippen molar-refractivity contribution < 1.29 is 29.6 Å². The summed E-state index contributed by atoms with van der Waals surface area (Å²) in [6.07, 6.45) is 1.61. The molecule has 1 saturated heterocycles. The van der Waals surface area contributed by atoms with Crippen LogP contribution in [0, 0.1) is 0 Å². The van der Waals surface area contributed by atoms with Gasteiger partial charge in [-0.1, -0.05) is 0 Å². The molecule has 13 nitrogen and oxygen atoms in total. The van der Waals surface area contributed by atoms with Crippen LogP contribution in [-0.4, -0.2) is 91.5 Å². The summed E-state index contributed by atoms with van der Waals surface area (Å²) in [6, 6.07) is -1.14. The summed E-state index contributed by atoms with van der Waals surface area (Å²) in [5.41, 5.74) is 12.3. The van der Waals surface area contributed by atoms with E-state index < -0.39 is 36.6 Å². The summed E-state index contributed by atoms with van der Waals surface area (Å²) in [5.74, 6) is -0.856. The average molecular weight is 468 g/mol. The predicted octanol–water partition coefficient (Wildman–Crippen LogP) is -1.01. The topological polar surface area (TPSA) is 204 Å². The van der Waals surface area contributed by atoms with Gasteiger partial charge >= 0.3 is 5.97 Å². The lowest BCUT2D eigenvalue weighted by molar-refractivity contribution is -0.138. The van der Waals surface area contributed by atoms with Crippen LogP contribution in [-0.2, 0) is 14.3 Å². The number of aliphatic carboxylic acids is 1. The number of unbranched alkanes of at least 4 members (excludes halogenated alkanes) is 1. The maximum absolute atomic E-state index is 11.1. The van der Waals surface area contributed by atoms with Crippen LogP contribution < -0.4 is 16.8 Å². The Kier molecular flexibility index (Phi) is 8.88. The minimum absolute atomic E-state index is 0.166. The number of hydrogen-bond acceptors (Lipinski definition) is 11. The molecule has 1 fully saturated rings. The number of aromatic nitrogens is 4. The van der Waals surface area contributed by atoms with E-state index in [1.54, 1.807) is 7.11 Å². The number of anilines is 1. The number of methoxy groups -OCH3 is 1. The SMILES string of the molecule is COCCCCN[C@@H](CC[C@H](N)C(=O)O)C[C@H]1O[C@@H](n2cnc3c(N)ncnc32)[C@H](O)[C@@H]1O. The van der Waals surface area contributed by atoms with Crippen LogP contribution in [0.4, 0.5) is 5.82 Å². The number of imidazole rings is 1. The molecule has 0 aromatic carbocycles. The van der Waals surface area contributed by atoms with E-state index in [-0.39, 0.29) is 18.3 Å². The highest BCUT2D eigenvalue weighted by molar-refractivity contribution is 5.81. The molecule has 0 spiro atoms. The highest BCUT2D eigenvalue weighted by Gasteiger charge is 2.45. The van der Waals surface area contributed by atoms with Crippen LogP contribution in [0.2, 0.25) is 0 Å². The van der Waals surface area contributed by atoms with Gasteiger partial charge in [-0.25, -0.2) is 15.0 Å². The van der Waals surface area contributed by atoms with Gasteiger partial charge in [-0.05, 0) is 38.6 Å². The van der Waals surface area contributed by atoms with Gasteiger partial charge in [0.2, 0.25) is 0 Å². The van der Waals surface area contributed by atoms with Crippen LogP contribution in [0.25, 0.3) is 11.2 Å². The first-order valence-corrected chi connectivity index (χ1v) is 11.0. The molecular weight excluding hydrogens is 434 g/mol. The number of carboxylic acid groups (broad SMARTS) is 1. The fourth-order valence-corrected chi connectivity index (χ4v) is 3.98. The van der Waals surface area contributed by atoms with Gasteiger partial charge in [-0.3, -0.25) is 9.36 Å². The van der Waals surface area contributed by atoms with E-state index in [1.807, 2.05) is 0 Å². The molecule has 2 aromatic heterocycles.